The van der Waals surface area contributed by atoms with E-state index in [1.54, 1.807) is 0 Å². The van der Waals surface area contributed by atoms with Gasteiger partial charge in [-0.15, -0.1) is 0 Å². The van der Waals surface area contributed by atoms with Gasteiger partial charge in [0, 0.05) is 19.1 Å². The molecule has 1 aliphatic carbocycles. The Kier molecular flexibility index (Phi) is 5.69. The summed E-state index contributed by atoms with van der Waals surface area (Å²) in [6.45, 7) is 5.80. The molecule has 0 aliphatic heterocycles. The second kappa shape index (κ2) is 7.07. The average molecular weight is 393 g/mol. The molecule has 1 aliphatic rings. The molecule has 0 spiro atoms. The number of hydrogen-bond donors (Lipinski definition) is 1. The number of rotatable bonds is 6. The Morgan fingerprint density at radius 2 is 1.95 bits per heavy atom. The Hall–Kier alpha value is -0.100. The largest absolute Gasteiger partial charge is 0.485 e. The van der Waals surface area contributed by atoms with Crippen molar-refractivity contribution in [1.82, 2.24) is 5.32 Å². The third-order valence-corrected chi connectivity index (χ3v) is 4.51. The predicted octanol–water partition coefficient (Wildman–Crippen LogP) is 3.75. The molecule has 0 heterocycles. The van der Waals surface area contributed by atoms with Crippen LogP contribution in [0.5, 0.6) is 5.75 Å². The van der Waals surface area contributed by atoms with Crippen LogP contribution < -0.4 is 10.1 Å². The molecule has 3 nitrogen and oxygen atoms in total. The van der Waals surface area contributed by atoms with E-state index < -0.39 is 0 Å². The van der Waals surface area contributed by atoms with Crippen molar-refractivity contribution < 1.29 is 9.47 Å². The number of benzene rings is 1. The summed E-state index contributed by atoms with van der Waals surface area (Å²) in [5.74, 6) is 0.854. The SMILES string of the molecule is CCNC1CC(Oc2c(Br)cccc2Br)C1OCC. The lowest BCUT2D eigenvalue weighted by molar-refractivity contribution is -0.104. The molecule has 1 aromatic carbocycles. The first kappa shape index (κ1) is 15.3. The summed E-state index contributed by atoms with van der Waals surface area (Å²) < 4.78 is 13.8. The maximum Gasteiger partial charge on any atom is 0.148 e. The molecule has 1 fully saturated rings. The lowest BCUT2D eigenvalue weighted by Crippen LogP contribution is -2.61. The summed E-state index contributed by atoms with van der Waals surface area (Å²) in [5, 5.41) is 3.43. The van der Waals surface area contributed by atoms with Crippen molar-refractivity contribution in [2.45, 2.75) is 38.5 Å². The molecule has 0 radical (unpaired) electrons. The minimum absolute atomic E-state index is 0.110. The van der Waals surface area contributed by atoms with E-state index in [-0.39, 0.29) is 12.2 Å². The third kappa shape index (κ3) is 3.51. The summed E-state index contributed by atoms with van der Waals surface area (Å²) in [7, 11) is 0. The van der Waals surface area contributed by atoms with E-state index in [0.717, 1.165) is 27.7 Å². The summed E-state index contributed by atoms with van der Waals surface area (Å²) in [6.07, 6.45) is 1.22. The van der Waals surface area contributed by atoms with Crippen LogP contribution in [-0.4, -0.2) is 31.4 Å². The topological polar surface area (TPSA) is 30.5 Å². The van der Waals surface area contributed by atoms with E-state index in [2.05, 4.69) is 44.1 Å². The van der Waals surface area contributed by atoms with E-state index in [4.69, 9.17) is 9.47 Å². The number of hydrogen-bond acceptors (Lipinski definition) is 3. The predicted molar refractivity (Wildman–Crippen MR) is 83.8 cm³/mol. The first-order valence-electron chi connectivity index (χ1n) is 6.63. The van der Waals surface area contributed by atoms with E-state index >= 15 is 0 Å². The molecule has 3 unspecified atom stereocenters. The maximum atomic E-state index is 6.09. The van der Waals surface area contributed by atoms with Crippen LogP contribution in [0, 0.1) is 0 Å². The monoisotopic (exact) mass is 391 g/mol. The highest BCUT2D eigenvalue weighted by Crippen LogP contribution is 2.37. The van der Waals surface area contributed by atoms with Crippen molar-refractivity contribution in [3.63, 3.8) is 0 Å². The molecule has 2 rings (SSSR count). The molecule has 0 amide bonds. The van der Waals surface area contributed by atoms with Gasteiger partial charge in [0.2, 0.25) is 0 Å². The second-order valence-corrected chi connectivity index (χ2v) is 6.24. The molecule has 0 saturated heterocycles. The molecule has 0 aromatic heterocycles. The van der Waals surface area contributed by atoms with E-state index in [1.807, 2.05) is 25.1 Å². The van der Waals surface area contributed by atoms with Gasteiger partial charge in [-0.05, 0) is 57.5 Å². The van der Waals surface area contributed by atoms with Crippen LogP contribution in [-0.2, 0) is 4.74 Å². The molecular formula is C14H19Br2NO2. The molecule has 3 atom stereocenters. The first-order valence-corrected chi connectivity index (χ1v) is 8.21. The molecule has 19 heavy (non-hydrogen) atoms. The Bertz CT molecular complexity index is 408. The Morgan fingerprint density at radius 3 is 2.53 bits per heavy atom. The fraction of sp³-hybridized carbons (Fsp3) is 0.571. The highest BCUT2D eigenvalue weighted by atomic mass is 79.9. The zero-order valence-corrected chi connectivity index (χ0v) is 14.3. The van der Waals surface area contributed by atoms with Gasteiger partial charge in [-0.2, -0.15) is 0 Å². The van der Waals surface area contributed by atoms with Crippen LogP contribution >= 0.6 is 31.9 Å². The van der Waals surface area contributed by atoms with Crippen molar-refractivity contribution in [2.24, 2.45) is 0 Å². The Balaban J connectivity index is 2.03. The second-order valence-electron chi connectivity index (χ2n) is 4.53. The van der Waals surface area contributed by atoms with Crippen molar-refractivity contribution in [2.75, 3.05) is 13.2 Å². The van der Waals surface area contributed by atoms with Gasteiger partial charge in [0.15, 0.2) is 0 Å². The van der Waals surface area contributed by atoms with Gasteiger partial charge in [0.05, 0.1) is 8.95 Å². The molecule has 1 N–H and O–H groups in total. The van der Waals surface area contributed by atoms with Crippen LogP contribution in [0.25, 0.3) is 0 Å². The van der Waals surface area contributed by atoms with E-state index in [9.17, 15) is 0 Å². The standard InChI is InChI=1S/C14H19Br2NO2/c1-3-17-11-8-12(14(11)18-4-2)19-13-9(15)6-5-7-10(13)16/h5-7,11-12,14,17H,3-4,8H2,1-2H3. The molecule has 1 aromatic rings. The van der Waals surface area contributed by atoms with Crippen LogP contribution in [0.15, 0.2) is 27.1 Å². The summed E-state index contributed by atoms with van der Waals surface area (Å²) in [4.78, 5) is 0. The first-order chi connectivity index (χ1) is 9.17. The van der Waals surface area contributed by atoms with Gasteiger partial charge in [-0.25, -0.2) is 0 Å². The van der Waals surface area contributed by atoms with Gasteiger partial charge in [0.1, 0.15) is 18.0 Å². The van der Waals surface area contributed by atoms with Crippen LogP contribution in [0.2, 0.25) is 0 Å². The summed E-state index contributed by atoms with van der Waals surface area (Å²) in [6, 6.07) is 6.34. The van der Waals surface area contributed by atoms with Crippen LogP contribution in [0.1, 0.15) is 20.3 Å². The Labute approximate surface area is 131 Å². The number of likely N-dealkylation sites (N-methyl/N-ethyl adjacent to an activating group) is 1. The number of para-hydroxylation sites is 1. The maximum absolute atomic E-state index is 6.09. The molecule has 0 bridgehead atoms. The minimum Gasteiger partial charge on any atom is -0.485 e. The average Bonchev–Trinajstić information content (AvgIpc) is 2.38. The third-order valence-electron chi connectivity index (χ3n) is 3.26. The smallest absolute Gasteiger partial charge is 0.148 e. The van der Waals surface area contributed by atoms with Crippen molar-refractivity contribution in [1.29, 1.82) is 0 Å². The van der Waals surface area contributed by atoms with Crippen molar-refractivity contribution in [3.05, 3.63) is 27.1 Å². The molecule has 5 heteroatoms. The fourth-order valence-corrected chi connectivity index (χ4v) is 3.51. The normalized spacial score (nSPS) is 26.0. The highest BCUT2D eigenvalue weighted by molar-refractivity contribution is 9.11. The molecule has 1 saturated carbocycles. The summed E-state index contributed by atoms with van der Waals surface area (Å²) >= 11 is 7.04. The number of halogens is 2. The Morgan fingerprint density at radius 1 is 1.26 bits per heavy atom. The zero-order chi connectivity index (χ0) is 13.8. The van der Waals surface area contributed by atoms with Crippen LogP contribution in [0.3, 0.4) is 0 Å². The van der Waals surface area contributed by atoms with Gasteiger partial charge in [-0.1, -0.05) is 13.0 Å². The molecular weight excluding hydrogens is 374 g/mol. The van der Waals surface area contributed by atoms with Gasteiger partial charge in [0.25, 0.3) is 0 Å². The van der Waals surface area contributed by atoms with Crippen molar-refractivity contribution in [3.8, 4) is 5.75 Å². The lowest BCUT2D eigenvalue weighted by atomic mass is 9.85. The fourth-order valence-electron chi connectivity index (χ4n) is 2.32. The number of nitrogens with one attached hydrogen (secondary N) is 1. The minimum atomic E-state index is 0.110. The van der Waals surface area contributed by atoms with Gasteiger partial charge < -0.3 is 14.8 Å². The number of ether oxygens (including phenoxy) is 2. The van der Waals surface area contributed by atoms with Gasteiger partial charge >= 0.3 is 0 Å². The zero-order valence-electron chi connectivity index (χ0n) is 11.2. The lowest BCUT2D eigenvalue weighted by Gasteiger charge is -2.44. The van der Waals surface area contributed by atoms with Crippen molar-refractivity contribution >= 4 is 31.9 Å². The highest BCUT2D eigenvalue weighted by Gasteiger charge is 2.43. The van der Waals surface area contributed by atoms with Crippen LogP contribution in [0.4, 0.5) is 0 Å². The van der Waals surface area contributed by atoms with E-state index in [1.165, 1.54) is 0 Å². The summed E-state index contributed by atoms with van der Waals surface area (Å²) in [5.41, 5.74) is 0. The van der Waals surface area contributed by atoms with E-state index in [0.29, 0.717) is 12.6 Å². The van der Waals surface area contributed by atoms with Gasteiger partial charge in [-0.3, -0.25) is 0 Å². The quantitative estimate of drug-likeness (QED) is 0.799. The molecule has 106 valence electrons.